The minimum absolute atomic E-state index is 0.00704. The maximum Gasteiger partial charge on any atom is 0.239 e. The van der Waals surface area contributed by atoms with E-state index >= 15 is 0 Å². The van der Waals surface area contributed by atoms with Crippen molar-refractivity contribution in [3.8, 4) is 0 Å². The molecule has 2 N–H and O–H groups in total. The highest BCUT2D eigenvalue weighted by Crippen LogP contribution is 2.18. The number of hydrogen-bond acceptors (Lipinski definition) is 3. The minimum Gasteiger partial charge on any atom is -0.459 e. The molecule has 0 aliphatic heterocycles. The molecule has 1 aromatic heterocycles. The van der Waals surface area contributed by atoms with Gasteiger partial charge in [-0.25, -0.2) is 0 Å². The Balaban J connectivity index is 1.84. The molecule has 0 saturated heterocycles. The van der Waals surface area contributed by atoms with Gasteiger partial charge in [0.05, 0.1) is 13.1 Å². The number of benzene rings is 1. The van der Waals surface area contributed by atoms with Crippen molar-refractivity contribution in [2.24, 2.45) is 0 Å². The quantitative estimate of drug-likeness (QED) is 0.857. The summed E-state index contributed by atoms with van der Waals surface area (Å²) < 4.78 is 5.56. The van der Waals surface area contributed by atoms with Gasteiger partial charge in [0.2, 0.25) is 11.8 Å². The van der Waals surface area contributed by atoms with Crippen molar-refractivity contribution in [1.29, 1.82) is 0 Å². The lowest BCUT2D eigenvalue weighted by Crippen LogP contribution is -2.36. The zero-order valence-corrected chi connectivity index (χ0v) is 10.7. The Hall–Kier alpha value is -2.30. The van der Waals surface area contributed by atoms with E-state index in [0.29, 0.717) is 18.7 Å². The largest absolute Gasteiger partial charge is 0.459 e. The van der Waals surface area contributed by atoms with Crippen molar-refractivity contribution in [3.05, 3.63) is 36.1 Å². The lowest BCUT2D eigenvalue weighted by molar-refractivity contribution is -0.126. The fourth-order valence-corrected chi connectivity index (χ4v) is 1.68. The number of amides is 2. The highest BCUT2D eigenvalue weighted by Gasteiger charge is 2.06. The van der Waals surface area contributed by atoms with Gasteiger partial charge in [0, 0.05) is 11.8 Å². The number of rotatable bonds is 5. The number of nitrogens with one attached hydrogen (secondary N) is 2. The van der Waals surface area contributed by atoms with E-state index in [0.717, 1.165) is 11.0 Å². The number of furan rings is 1. The summed E-state index contributed by atoms with van der Waals surface area (Å²) in [5.41, 5.74) is 0.797. The highest BCUT2D eigenvalue weighted by molar-refractivity contribution is 5.84. The minimum atomic E-state index is -0.234. The summed E-state index contributed by atoms with van der Waals surface area (Å²) in [6, 6.07) is 9.54. The van der Waals surface area contributed by atoms with Gasteiger partial charge in [-0.2, -0.15) is 0 Å². The van der Waals surface area contributed by atoms with E-state index in [1.165, 1.54) is 0 Å². The summed E-state index contributed by atoms with van der Waals surface area (Å²) in [7, 11) is 0. The van der Waals surface area contributed by atoms with E-state index in [2.05, 4.69) is 10.6 Å². The number of carbonyl (C=O) groups is 2. The zero-order valence-electron chi connectivity index (χ0n) is 10.7. The lowest BCUT2D eigenvalue weighted by Gasteiger charge is -2.04. The first kappa shape index (κ1) is 13.1. The van der Waals surface area contributed by atoms with E-state index in [4.69, 9.17) is 4.42 Å². The Labute approximate surface area is 111 Å². The highest BCUT2D eigenvalue weighted by atomic mass is 16.3. The zero-order chi connectivity index (χ0) is 13.7. The van der Waals surface area contributed by atoms with Crippen molar-refractivity contribution in [2.75, 3.05) is 6.54 Å². The Morgan fingerprint density at radius 3 is 2.68 bits per heavy atom. The summed E-state index contributed by atoms with van der Waals surface area (Å²) in [4.78, 5) is 22.5. The van der Waals surface area contributed by atoms with Crippen LogP contribution in [0.1, 0.15) is 19.1 Å². The number of carbonyl (C=O) groups excluding carboxylic acids is 2. The van der Waals surface area contributed by atoms with E-state index in [1.807, 2.05) is 30.3 Å². The van der Waals surface area contributed by atoms with Crippen LogP contribution in [0.5, 0.6) is 0 Å². The van der Waals surface area contributed by atoms with Crippen molar-refractivity contribution in [1.82, 2.24) is 10.6 Å². The van der Waals surface area contributed by atoms with Gasteiger partial charge in [-0.05, 0) is 12.1 Å². The molecule has 0 atom stereocenters. The van der Waals surface area contributed by atoms with Gasteiger partial charge < -0.3 is 15.1 Å². The Kier molecular flexibility index (Phi) is 4.18. The number of para-hydroxylation sites is 1. The molecule has 5 heteroatoms. The topological polar surface area (TPSA) is 71.3 Å². The van der Waals surface area contributed by atoms with E-state index in [9.17, 15) is 9.59 Å². The summed E-state index contributed by atoms with van der Waals surface area (Å²) in [6.07, 6.45) is 0.372. The molecule has 0 aliphatic carbocycles. The van der Waals surface area contributed by atoms with Crippen LogP contribution in [0.25, 0.3) is 11.0 Å². The van der Waals surface area contributed by atoms with Crippen molar-refractivity contribution in [3.63, 3.8) is 0 Å². The predicted octanol–water partition coefficient (Wildman–Crippen LogP) is 1.58. The van der Waals surface area contributed by atoms with Gasteiger partial charge in [0.1, 0.15) is 11.3 Å². The van der Waals surface area contributed by atoms with Crippen LogP contribution in [0.3, 0.4) is 0 Å². The molecule has 2 aromatic rings. The summed E-state index contributed by atoms with van der Waals surface area (Å²) in [6.45, 7) is 2.05. The number of fused-ring (bicyclic) bond motifs is 1. The van der Waals surface area contributed by atoms with Crippen molar-refractivity contribution >= 4 is 22.8 Å². The van der Waals surface area contributed by atoms with Crippen molar-refractivity contribution < 1.29 is 14.0 Å². The standard InChI is InChI=1S/C14H16N2O3/c1-2-13(17)16-9-14(18)15-8-11-7-10-5-3-4-6-12(10)19-11/h3-7H,2,8-9H2,1H3,(H,15,18)(H,16,17). The Morgan fingerprint density at radius 1 is 1.16 bits per heavy atom. The maximum absolute atomic E-state index is 11.5. The number of hydrogen-bond donors (Lipinski definition) is 2. The average Bonchev–Trinajstić information content (AvgIpc) is 2.85. The molecule has 2 rings (SSSR count). The molecular weight excluding hydrogens is 244 g/mol. The first-order chi connectivity index (χ1) is 9.19. The molecule has 0 unspecified atom stereocenters. The van der Waals surface area contributed by atoms with Crippen LogP contribution in [0.2, 0.25) is 0 Å². The molecule has 0 saturated carbocycles. The molecule has 2 amide bonds. The Bertz CT molecular complexity index is 556. The monoisotopic (exact) mass is 260 g/mol. The molecule has 0 spiro atoms. The van der Waals surface area contributed by atoms with Crippen LogP contribution in [0.4, 0.5) is 0 Å². The second-order valence-corrected chi connectivity index (χ2v) is 4.16. The second kappa shape index (κ2) is 6.04. The molecule has 1 heterocycles. The third-order valence-corrected chi connectivity index (χ3v) is 2.70. The molecular formula is C14H16N2O3. The Morgan fingerprint density at radius 2 is 1.95 bits per heavy atom. The van der Waals surface area contributed by atoms with Gasteiger partial charge in [-0.1, -0.05) is 25.1 Å². The molecule has 0 radical (unpaired) electrons. The first-order valence-electron chi connectivity index (χ1n) is 6.20. The molecule has 100 valence electrons. The first-order valence-corrected chi connectivity index (χ1v) is 6.20. The lowest BCUT2D eigenvalue weighted by atomic mass is 10.2. The van der Waals surface area contributed by atoms with Crippen LogP contribution in [-0.2, 0) is 16.1 Å². The normalized spacial score (nSPS) is 10.4. The van der Waals surface area contributed by atoms with Gasteiger partial charge in [0.15, 0.2) is 0 Å². The molecule has 0 bridgehead atoms. The predicted molar refractivity (Wildman–Crippen MR) is 71.4 cm³/mol. The SMILES string of the molecule is CCC(=O)NCC(=O)NCc1cc2ccccc2o1. The molecule has 0 fully saturated rings. The fourth-order valence-electron chi connectivity index (χ4n) is 1.68. The van der Waals surface area contributed by atoms with Gasteiger partial charge in [-0.3, -0.25) is 9.59 Å². The fraction of sp³-hybridized carbons (Fsp3) is 0.286. The molecule has 0 aliphatic rings. The molecule has 1 aromatic carbocycles. The molecule has 19 heavy (non-hydrogen) atoms. The van der Waals surface area contributed by atoms with Gasteiger partial charge >= 0.3 is 0 Å². The van der Waals surface area contributed by atoms with Crippen LogP contribution >= 0.6 is 0 Å². The van der Waals surface area contributed by atoms with Crippen LogP contribution in [0, 0.1) is 0 Å². The summed E-state index contributed by atoms with van der Waals surface area (Å²) >= 11 is 0. The maximum atomic E-state index is 11.5. The second-order valence-electron chi connectivity index (χ2n) is 4.16. The van der Waals surface area contributed by atoms with Crippen LogP contribution in [-0.4, -0.2) is 18.4 Å². The van der Waals surface area contributed by atoms with Crippen LogP contribution < -0.4 is 10.6 Å². The third kappa shape index (κ3) is 3.58. The van der Waals surface area contributed by atoms with Gasteiger partial charge in [-0.15, -0.1) is 0 Å². The van der Waals surface area contributed by atoms with E-state index < -0.39 is 0 Å². The van der Waals surface area contributed by atoms with E-state index in [1.54, 1.807) is 6.92 Å². The third-order valence-electron chi connectivity index (χ3n) is 2.70. The van der Waals surface area contributed by atoms with Crippen molar-refractivity contribution in [2.45, 2.75) is 19.9 Å². The van der Waals surface area contributed by atoms with Gasteiger partial charge in [0.25, 0.3) is 0 Å². The van der Waals surface area contributed by atoms with E-state index in [-0.39, 0.29) is 18.4 Å². The van der Waals surface area contributed by atoms with Crippen LogP contribution in [0.15, 0.2) is 34.7 Å². The average molecular weight is 260 g/mol. The summed E-state index contributed by atoms with van der Waals surface area (Å²) in [5, 5.41) is 6.21. The summed E-state index contributed by atoms with van der Waals surface area (Å²) in [5.74, 6) is 0.317. The molecule has 5 nitrogen and oxygen atoms in total. The smallest absolute Gasteiger partial charge is 0.239 e.